The molecule has 0 amide bonds. The molecule has 3 unspecified atom stereocenters. The van der Waals surface area contributed by atoms with Gasteiger partial charge in [0, 0.05) is 12.3 Å². The normalized spacial score (nSPS) is 29.6. The number of hydrogen-bond acceptors (Lipinski definition) is 5. The van der Waals surface area contributed by atoms with Crippen LogP contribution in [0, 0.1) is 12.8 Å². The highest BCUT2D eigenvalue weighted by Crippen LogP contribution is 2.35. The lowest BCUT2D eigenvalue weighted by Crippen LogP contribution is -2.40. The van der Waals surface area contributed by atoms with E-state index < -0.39 is 11.7 Å². The molecular weight excluding hydrogens is 342 g/mol. The monoisotopic (exact) mass is 369 g/mol. The molecule has 4 rings (SSSR count). The number of aromatic hydroxyl groups is 1. The number of hydrogen-bond donors (Lipinski definition) is 2. The maximum Gasteiger partial charge on any atom is 0.308 e. The van der Waals surface area contributed by atoms with Crippen LogP contribution in [0.1, 0.15) is 37.3 Å². The molecule has 5 heteroatoms. The highest BCUT2D eigenvalue weighted by Gasteiger charge is 2.26. The summed E-state index contributed by atoms with van der Waals surface area (Å²) in [6.07, 6.45) is 9.39. The quantitative estimate of drug-likeness (QED) is 0.583. The number of rotatable bonds is 1. The Morgan fingerprint density at radius 3 is 2.81 bits per heavy atom. The second kappa shape index (κ2) is 7.61. The topological polar surface area (TPSA) is 81.8 Å². The molecule has 2 aliphatic heterocycles. The third kappa shape index (κ3) is 4.42. The molecule has 27 heavy (non-hydrogen) atoms. The number of fused-ring (bicyclic) bond motifs is 7. The smallest absolute Gasteiger partial charge is 0.308 e. The Hall–Kier alpha value is -2.53. The molecular formula is C22H27NO4. The van der Waals surface area contributed by atoms with Crippen LogP contribution in [0.5, 0.6) is 11.5 Å². The first-order valence-electron chi connectivity index (χ1n) is 9.33. The number of nitrogens with two attached hydrogens (primary N) is 1. The third-order valence-electron chi connectivity index (χ3n) is 5.24. The fraction of sp³-hybridized carbons (Fsp3) is 0.409. The van der Waals surface area contributed by atoms with Gasteiger partial charge in [-0.1, -0.05) is 31.2 Å². The number of ether oxygens (including phenoxy) is 2. The van der Waals surface area contributed by atoms with Gasteiger partial charge in [0.15, 0.2) is 17.2 Å². The van der Waals surface area contributed by atoms with Gasteiger partial charge in [-0.3, -0.25) is 10.5 Å². The summed E-state index contributed by atoms with van der Waals surface area (Å²) >= 11 is 0. The summed E-state index contributed by atoms with van der Waals surface area (Å²) in [5.74, 6) is 0.352. The molecule has 0 saturated heterocycles. The minimum Gasteiger partial charge on any atom is -0.504 e. The first-order valence-corrected chi connectivity index (χ1v) is 9.33. The lowest BCUT2D eigenvalue weighted by Gasteiger charge is -2.28. The lowest BCUT2D eigenvalue weighted by atomic mass is 9.88. The van der Waals surface area contributed by atoms with Crippen molar-refractivity contribution in [1.82, 2.24) is 0 Å². The Morgan fingerprint density at radius 2 is 2.11 bits per heavy atom. The van der Waals surface area contributed by atoms with Crippen LogP contribution in [-0.4, -0.2) is 22.9 Å². The number of phenols is 1. The minimum absolute atomic E-state index is 0.0198. The Morgan fingerprint density at radius 1 is 1.33 bits per heavy atom. The van der Waals surface area contributed by atoms with Crippen molar-refractivity contribution in [2.45, 2.75) is 51.4 Å². The van der Waals surface area contributed by atoms with E-state index in [1.54, 1.807) is 12.1 Å². The van der Waals surface area contributed by atoms with Gasteiger partial charge in [-0.05, 0) is 61.6 Å². The maximum atomic E-state index is 12.3. The Balaban J connectivity index is 2.00. The number of phenolic OH excluding ortho intramolecular Hbond substituents is 1. The molecule has 5 nitrogen and oxygen atoms in total. The van der Waals surface area contributed by atoms with Crippen molar-refractivity contribution in [3.05, 3.63) is 59.7 Å². The number of carbonyl (C=O) groups is 1. The van der Waals surface area contributed by atoms with Gasteiger partial charge in [0.2, 0.25) is 0 Å². The van der Waals surface area contributed by atoms with Crippen LogP contribution >= 0.6 is 0 Å². The van der Waals surface area contributed by atoms with Gasteiger partial charge in [-0.25, -0.2) is 0 Å². The van der Waals surface area contributed by atoms with Crippen LogP contribution in [0.25, 0.3) is 0 Å². The summed E-state index contributed by atoms with van der Waals surface area (Å²) in [6.45, 7) is 7.69. The molecule has 2 heterocycles. The molecule has 1 aromatic rings. The maximum absolute atomic E-state index is 12.3. The largest absolute Gasteiger partial charge is 0.504 e. The summed E-state index contributed by atoms with van der Waals surface area (Å²) < 4.78 is 11.6. The van der Waals surface area contributed by atoms with E-state index in [0.717, 1.165) is 29.5 Å². The molecule has 0 aromatic heterocycles. The van der Waals surface area contributed by atoms with Gasteiger partial charge < -0.3 is 14.6 Å². The first-order chi connectivity index (χ1) is 12.8. The summed E-state index contributed by atoms with van der Waals surface area (Å²) in [7, 11) is 0. The van der Waals surface area contributed by atoms with Crippen LogP contribution < -0.4 is 10.5 Å². The van der Waals surface area contributed by atoms with Crippen molar-refractivity contribution in [2.75, 3.05) is 0 Å². The zero-order valence-corrected chi connectivity index (χ0v) is 15.9. The average molecular weight is 369 g/mol. The first kappa shape index (κ1) is 19.2. The SMILES string of the molecule is C=CC1(N)/C=C\C2=CC(C)C(CC2)Oc2cc(c(C)cc2O)CCC(=O)O1. The molecule has 1 aromatic carbocycles. The summed E-state index contributed by atoms with van der Waals surface area (Å²) in [6, 6.07) is 3.51. The van der Waals surface area contributed by atoms with Crippen molar-refractivity contribution in [2.24, 2.45) is 11.7 Å². The van der Waals surface area contributed by atoms with Crippen molar-refractivity contribution >= 4 is 5.97 Å². The van der Waals surface area contributed by atoms with E-state index in [2.05, 4.69) is 19.6 Å². The van der Waals surface area contributed by atoms with Gasteiger partial charge in [0.05, 0.1) is 0 Å². The van der Waals surface area contributed by atoms with Gasteiger partial charge in [-0.2, -0.15) is 0 Å². The predicted octanol–water partition coefficient (Wildman–Crippen LogP) is 3.69. The highest BCUT2D eigenvalue weighted by atomic mass is 16.6. The average Bonchev–Trinajstić information content (AvgIpc) is 2.63. The van der Waals surface area contributed by atoms with Crippen molar-refractivity contribution in [3.8, 4) is 11.5 Å². The Labute approximate surface area is 160 Å². The van der Waals surface area contributed by atoms with Gasteiger partial charge in [-0.15, -0.1) is 0 Å². The summed E-state index contributed by atoms with van der Waals surface area (Å²) in [5, 5.41) is 10.3. The molecule has 4 bridgehead atoms. The van der Waals surface area contributed by atoms with Gasteiger partial charge in [0.25, 0.3) is 0 Å². The molecule has 0 fully saturated rings. The second-order valence-electron chi connectivity index (χ2n) is 7.41. The molecule has 3 aliphatic rings. The van der Waals surface area contributed by atoms with Gasteiger partial charge in [0.1, 0.15) is 6.10 Å². The molecule has 3 atom stereocenters. The highest BCUT2D eigenvalue weighted by molar-refractivity contribution is 5.71. The molecule has 144 valence electrons. The Bertz CT molecular complexity index is 811. The number of benzene rings is 1. The van der Waals surface area contributed by atoms with Crippen LogP contribution in [-0.2, 0) is 16.0 Å². The summed E-state index contributed by atoms with van der Waals surface area (Å²) in [5.41, 5.74) is 7.79. The molecule has 0 spiro atoms. The fourth-order valence-corrected chi connectivity index (χ4v) is 3.51. The van der Waals surface area contributed by atoms with Crippen molar-refractivity contribution in [3.63, 3.8) is 0 Å². The van der Waals surface area contributed by atoms with E-state index in [1.165, 1.54) is 6.08 Å². The van der Waals surface area contributed by atoms with E-state index in [0.29, 0.717) is 12.2 Å². The number of aryl methyl sites for hydroxylation is 2. The standard InChI is InChI=1S/C22H27NO4/c1-4-22(23)10-9-16-5-7-19(15(3)11-16)26-20-13-17(6-8-21(25)27-22)14(2)12-18(20)24/h4,9-13,15,19,24H,1,5-8,23H2,2-3H3/b10-9-. The van der Waals surface area contributed by atoms with Crippen LogP contribution in [0.2, 0.25) is 0 Å². The van der Waals surface area contributed by atoms with E-state index in [4.69, 9.17) is 15.2 Å². The van der Waals surface area contributed by atoms with Crippen molar-refractivity contribution < 1.29 is 19.4 Å². The molecule has 0 radical (unpaired) electrons. The van der Waals surface area contributed by atoms with E-state index >= 15 is 0 Å². The van der Waals surface area contributed by atoms with Crippen LogP contribution in [0.3, 0.4) is 0 Å². The number of esters is 1. The number of carbonyl (C=O) groups excluding carboxylic acids is 1. The van der Waals surface area contributed by atoms with E-state index in [1.807, 2.05) is 19.1 Å². The second-order valence-corrected chi connectivity index (χ2v) is 7.41. The molecule has 0 saturated carbocycles. The Kier molecular flexibility index (Phi) is 5.42. The van der Waals surface area contributed by atoms with E-state index in [9.17, 15) is 9.90 Å². The van der Waals surface area contributed by atoms with Gasteiger partial charge >= 0.3 is 5.97 Å². The third-order valence-corrected chi connectivity index (χ3v) is 5.24. The fourth-order valence-electron chi connectivity index (χ4n) is 3.51. The zero-order valence-electron chi connectivity index (χ0n) is 15.9. The van der Waals surface area contributed by atoms with Crippen LogP contribution in [0.4, 0.5) is 0 Å². The zero-order chi connectivity index (χ0) is 19.6. The minimum atomic E-state index is -1.33. The molecule has 3 N–H and O–H groups in total. The molecule has 1 aliphatic carbocycles. The van der Waals surface area contributed by atoms with E-state index in [-0.39, 0.29) is 24.2 Å². The predicted molar refractivity (Wildman–Crippen MR) is 104 cm³/mol. The lowest BCUT2D eigenvalue weighted by molar-refractivity contribution is -0.151. The van der Waals surface area contributed by atoms with Crippen LogP contribution in [0.15, 0.2) is 48.6 Å². The number of allylic oxidation sites excluding steroid dienone is 2. The summed E-state index contributed by atoms with van der Waals surface area (Å²) in [4.78, 5) is 12.3. The van der Waals surface area contributed by atoms with Crippen molar-refractivity contribution in [1.29, 1.82) is 0 Å².